The third-order valence-corrected chi connectivity index (χ3v) is 6.59. The van der Waals surface area contributed by atoms with Gasteiger partial charge in [0.2, 0.25) is 23.6 Å². The third-order valence-electron chi connectivity index (χ3n) is 5.95. The van der Waals surface area contributed by atoms with Gasteiger partial charge in [-0.3, -0.25) is 28.8 Å². The van der Waals surface area contributed by atoms with E-state index in [9.17, 15) is 43.8 Å². The van der Waals surface area contributed by atoms with Crippen molar-refractivity contribution in [3.63, 3.8) is 0 Å². The highest BCUT2D eigenvalue weighted by Crippen LogP contribution is 2.09. The van der Waals surface area contributed by atoms with Gasteiger partial charge in [0.1, 0.15) is 30.2 Å². The summed E-state index contributed by atoms with van der Waals surface area (Å²) in [5.74, 6) is -7.35. The summed E-state index contributed by atoms with van der Waals surface area (Å²) in [5, 5.41) is 46.6. The Morgan fingerprint density at radius 3 is 1.38 bits per heavy atom. The molecular formula is C25H43N5O11S. The van der Waals surface area contributed by atoms with Gasteiger partial charge in [-0.15, -0.1) is 0 Å². The summed E-state index contributed by atoms with van der Waals surface area (Å²) >= 11 is 1.36. The van der Waals surface area contributed by atoms with Crippen molar-refractivity contribution < 1.29 is 54.0 Å². The van der Waals surface area contributed by atoms with E-state index in [1.54, 1.807) is 20.1 Å². The number of carbonyl (C=O) groups excluding carboxylic acids is 4. The van der Waals surface area contributed by atoms with Gasteiger partial charge in [-0.25, -0.2) is 4.79 Å². The molecule has 17 heteroatoms. The van der Waals surface area contributed by atoms with E-state index in [2.05, 4.69) is 21.3 Å². The SMILES string of the molecule is CSCC[C@H](NC(=O)[C@@H](N)[C@@H](C)O)C(=O)N[C@@H](CCC(=O)O)C(=O)N[C@@H](CCC(=O)O)C(=O)N[C@@H](CC(C)C)C(=O)O. The Labute approximate surface area is 247 Å². The van der Waals surface area contributed by atoms with Gasteiger partial charge in [0.25, 0.3) is 0 Å². The van der Waals surface area contributed by atoms with E-state index in [0.717, 1.165) is 0 Å². The molecular weight excluding hydrogens is 578 g/mol. The number of nitrogens with two attached hydrogens (primary N) is 1. The van der Waals surface area contributed by atoms with Gasteiger partial charge in [-0.2, -0.15) is 11.8 Å². The maximum Gasteiger partial charge on any atom is 0.326 e. The van der Waals surface area contributed by atoms with Gasteiger partial charge in [0.15, 0.2) is 0 Å². The van der Waals surface area contributed by atoms with Gasteiger partial charge in [0, 0.05) is 12.8 Å². The number of carboxylic acids is 3. The zero-order valence-corrected chi connectivity index (χ0v) is 24.9. The normalized spacial score (nSPS) is 15.3. The lowest BCUT2D eigenvalue weighted by Crippen LogP contribution is -2.59. The van der Waals surface area contributed by atoms with E-state index in [1.165, 1.54) is 18.7 Å². The molecule has 4 amide bonds. The number of hydrogen-bond donors (Lipinski definition) is 9. The van der Waals surface area contributed by atoms with Crippen LogP contribution in [-0.4, -0.2) is 110 Å². The fourth-order valence-electron chi connectivity index (χ4n) is 3.57. The Balaban J connectivity index is 5.98. The molecule has 0 aliphatic rings. The molecule has 240 valence electrons. The van der Waals surface area contributed by atoms with Gasteiger partial charge in [0.05, 0.1) is 6.10 Å². The van der Waals surface area contributed by atoms with Crippen molar-refractivity contribution in [1.29, 1.82) is 0 Å². The van der Waals surface area contributed by atoms with Gasteiger partial charge >= 0.3 is 17.9 Å². The van der Waals surface area contributed by atoms with E-state index in [4.69, 9.17) is 15.9 Å². The highest BCUT2D eigenvalue weighted by atomic mass is 32.2. The lowest BCUT2D eigenvalue weighted by molar-refractivity contribution is -0.143. The molecule has 0 fully saturated rings. The van der Waals surface area contributed by atoms with Crippen LogP contribution in [0.5, 0.6) is 0 Å². The summed E-state index contributed by atoms with van der Waals surface area (Å²) in [7, 11) is 0. The van der Waals surface area contributed by atoms with Crippen molar-refractivity contribution >= 4 is 53.3 Å². The van der Waals surface area contributed by atoms with Crippen molar-refractivity contribution in [3.8, 4) is 0 Å². The number of nitrogens with one attached hydrogen (secondary N) is 4. The van der Waals surface area contributed by atoms with Crippen LogP contribution in [-0.2, 0) is 33.6 Å². The molecule has 0 aromatic carbocycles. The molecule has 0 aromatic rings. The number of aliphatic hydroxyl groups is 1. The van der Waals surface area contributed by atoms with E-state index in [1.807, 2.05) is 0 Å². The third kappa shape index (κ3) is 15.5. The van der Waals surface area contributed by atoms with Crippen molar-refractivity contribution in [2.45, 2.75) is 95.6 Å². The summed E-state index contributed by atoms with van der Waals surface area (Å²) < 4.78 is 0. The highest BCUT2D eigenvalue weighted by Gasteiger charge is 2.32. The predicted molar refractivity (Wildman–Crippen MR) is 151 cm³/mol. The average molecular weight is 622 g/mol. The van der Waals surface area contributed by atoms with Crippen LogP contribution in [0.2, 0.25) is 0 Å². The lowest BCUT2D eigenvalue weighted by Gasteiger charge is -2.26. The molecule has 0 radical (unpaired) electrons. The van der Waals surface area contributed by atoms with Crippen molar-refractivity contribution in [3.05, 3.63) is 0 Å². The highest BCUT2D eigenvalue weighted by molar-refractivity contribution is 7.98. The molecule has 0 aliphatic carbocycles. The van der Waals surface area contributed by atoms with E-state index < -0.39 is 104 Å². The second kappa shape index (κ2) is 19.6. The molecule has 0 heterocycles. The molecule has 10 N–H and O–H groups in total. The maximum atomic E-state index is 13.2. The maximum absolute atomic E-state index is 13.2. The largest absolute Gasteiger partial charge is 0.481 e. The average Bonchev–Trinajstić information content (AvgIpc) is 2.89. The first kappa shape index (κ1) is 38.6. The molecule has 0 saturated carbocycles. The second-order valence-electron chi connectivity index (χ2n) is 10.1. The first-order valence-corrected chi connectivity index (χ1v) is 14.7. The number of carbonyl (C=O) groups is 7. The molecule has 0 rings (SSSR count). The Kier molecular flexibility index (Phi) is 18.0. The molecule has 16 nitrogen and oxygen atoms in total. The second-order valence-corrected chi connectivity index (χ2v) is 11.1. The van der Waals surface area contributed by atoms with Crippen molar-refractivity contribution in [2.24, 2.45) is 11.7 Å². The summed E-state index contributed by atoms with van der Waals surface area (Å²) in [6.07, 6.45) is -1.33. The molecule has 42 heavy (non-hydrogen) atoms. The minimum Gasteiger partial charge on any atom is -0.481 e. The molecule has 0 aromatic heterocycles. The quantitative estimate of drug-likeness (QED) is 0.0688. The number of thioether (sulfide) groups is 1. The Morgan fingerprint density at radius 2 is 1.05 bits per heavy atom. The zero-order chi connectivity index (χ0) is 32.6. The van der Waals surface area contributed by atoms with E-state index in [-0.39, 0.29) is 18.8 Å². The molecule has 6 atom stereocenters. The van der Waals surface area contributed by atoms with Crippen LogP contribution in [0, 0.1) is 5.92 Å². The van der Waals surface area contributed by atoms with Crippen molar-refractivity contribution in [1.82, 2.24) is 21.3 Å². The Bertz CT molecular complexity index is 963. The van der Waals surface area contributed by atoms with Crippen LogP contribution in [0.4, 0.5) is 0 Å². The smallest absolute Gasteiger partial charge is 0.326 e. The number of rotatable bonds is 21. The standard InChI is InChI=1S/C25H43N5O11S/c1-12(2)11-17(25(40)41)30-22(37)15(6-8-19(34)35)27-21(36)14(5-7-18(32)33)28-23(38)16(9-10-42-4)29-24(39)20(26)13(3)31/h12-17,20,31H,5-11,26H2,1-4H3,(H,27,36)(H,28,38)(H,29,39)(H,30,37)(H,32,33)(H,34,35)(H,40,41)/t13-,14+,15+,16+,17+,20+/m1/s1. The van der Waals surface area contributed by atoms with Gasteiger partial charge < -0.3 is 47.4 Å². The summed E-state index contributed by atoms with van der Waals surface area (Å²) in [6, 6.07) is -6.94. The van der Waals surface area contributed by atoms with E-state index in [0.29, 0.717) is 5.75 Å². The predicted octanol–water partition coefficient (Wildman–Crippen LogP) is -1.75. The fourth-order valence-corrected chi connectivity index (χ4v) is 4.05. The van der Waals surface area contributed by atoms with Crippen LogP contribution < -0.4 is 27.0 Å². The Hall–Kier alpha value is -3.44. The molecule has 0 saturated heterocycles. The van der Waals surface area contributed by atoms with Crippen LogP contribution in [0.3, 0.4) is 0 Å². The monoisotopic (exact) mass is 621 g/mol. The summed E-state index contributed by atoms with van der Waals surface area (Å²) in [5.41, 5.74) is 5.64. The first-order valence-electron chi connectivity index (χ1n) is 13.3. The molecule has 0 aliphatic heterocycles. The minimum absolute atomic E-state index is 0.0554. The summed E-state index contributed by atoms with van der Waals surface area (Å²) in [6.45, 7) is 4.74. The number of amides is 4. The molecule has 0 unspecified atom stereocenters. The number of aliphatic hydroxyl groups excluding tert-OH is 1. The van der Waals surface area contributed by atoms with Crippen LogP contribution >= 0.6 is 11.8 Å². The topological polar surface area (TPSA) is 275 Å². The van der Waals surface area contributed by atoms with Crippen LogP contribution in [0.25, 0.3) is 0 Å². The summed E-state index contributed by atoms with van der Waals surface area (Å²) in [4.78, 5) is 85.6. The van der Waals surface area contributed by atoms with Crippen molar-refractivity contribution in [2.75, 3.05) is 12.0 Å². The van der Waals surface area contributed by atoms with E-state index >= 15 is 0 Å². The van der Waals surface area contributed by atoms with Gasteiger partial charge in [-0.05, 0) is 50.5 Å². The molecule has 0 bridgehead atoms. The van der Waals surface area contributed by atoms with Crippen LogP contribution in [0.1, 0.15) is 59.3 Å². The fraction of sp³-hybridized carbons (Fsp3) is 0.720. The number of carboxylic acid groups (broad SMARTS) is 3. The Morgan fingerprint density at radius 1 is 0.667 bits per heavy atom. The van der Waals surface area contributed by atoms with Gasteiger partial charge in [-0.1, -0.05) is 13.8 Å². The number of hydrogen-bond acceptors (Lipinski definition) is 10. The van der Waals surface area contributed by atoms with Crippen LogP contribution in [0.15, 0.2) is 0 Å². The minimum atomic E-state index is -1.53. The zero-order valence-electron chi connectivity index (χ0n) is 24.1. The first-order chi connectivity index (χ1) is 19.5. The molecule has 0 spiro atoms. The lowest BCUT2D eigenvalue weighted by atomic mass is 10.0. The number of aliphatic carboxylic acids is 3.